The van der Waals surface area contributed by atoms with Crippen molar-refractivity contribution in [2.45, 2.75) is 24.6 Å². The van der Waals surface area contributed by atoms with E-state index in [0.29, 0.717) is 42.3 Å². The number of carbonyl (C=O) groups is 1. The Balaban J connectivity index is 1.50. The number of aryl methyl sites for hydroxylation is 2. The van der Waals surface area contributed by atoms with Gasteiger partial charge >= 0.3 is 0 Å². The first-order valence-electron chi connectivity index (χ1n) is 10.6. The third-order valence-corrected chi connectivity index (χ3v) is 7.15. The Bertz CT molecular complexity index is 1370. The van der Waals surface area contributed by atoms with Crippen LogP contribution >= 0.6 is 11.3 Å². The summed E-state index contributed by atoms with van der Waals surface area (Å²) in [6, 6.07) is 14.8. The highest BCUT2D eigenvalue weighted by Gasteiger charge is 2.17. The third-order valence-electron chi connectivity index (χ3n) is 4.65. The fourth-order valence-electron chi connectivity index (χ4n) is 2.94. The molecule has 0 aliphatic rings. The van der Waals surface area contributed by atoms with Gasteiger partial charge in [0, 0.05) is 12.7 Å². The number of nitriles is 1. The molecule has 9 nitrogen and oxygen atoms in total. The molecular weight excluding hydrogens is 488 g/mol. The summed E-state index contributed by atoms with van der Waals surface area (Å²) in [6.45, 7) is 5.07. The maximum absolute atomic E-state index is 12.4. The molecule has 0 radical (unpaired) electrons. The molecule has 3 rings (SSSR count). The van der Waals surface area contributed by atoms with Crippen molar-refractivity contribution in [2.75, 3.05) is 24.8 Å². The number of nitrogens with one attached hydrogen (secondary N) is 1. The minimum absolute atomic E-state index is 0.0122. The van der Waals surface area contributed by atoms with Gasteiger partial charge in [0.25, 0.3) is 5.91 Å². The van der Waals surface area contributed by atoms with E-state index in [2.05, 4.69) is 21.6 Å². The number of sulfone groups is 1. The van der Waals surface area contributed by atoms with Gasteiger partial charge in [-0.25, -0.2) is 8.42 Å². The zero-order chi connectivity index (χ0) is 25.4. The number of ether oxygens (including phenoxy) is 2. The van der Waals surface area contributed by atoms with E-state index < -0.39 is 15.7 Å². The topological polar surface area (TPSA) is 131 Å². The molecule has 1 amide bonds. The third kappa shape index (κ3) is 7.63. The number of hydrogen-bond acceptors (Lipinski definition) is 9. The van der Waals surface area contributed by atoms with Crippen molar-refractivity contribution in [3.63, 3.8) is 0 Å². The lowest BCUT2D eigenvalue weighted by Crippen LogP contribution is -2.13. The lowest BCUT2D eigenvalue weighted by Gasteiger charge is -2.10. The molecule has 0 fully saturated rings. The molecule has 1 heterocycles. The van der Waals surface area contributed by atoms with Crippen LogP contribution in [0.4, 0.5) is 5.13 Å². The van der Waals surface area contributed by atoms with E-state index in [9.17, 15) is 18.5 Å². The minimum Gasteiger partial charge on any atom is -0.493 e. The van der Waals surface area contributed by atoms with E-state index in [1.807, 2.05) is 32.0 Å². The highest BCUT2D eigenvalue weighted by molar-refractivity contribution is 7.92. The first-order valence-corrected chi connectivity index (χ1v) is 13.3. The van der Waals surface area contributed by atoms with E-state index in [4.69, 9.17) is 9.47 Å². The van der Waals surface area contributed by atoms with Gasteiger partial charge in [-0.05, 0) is 49.2 Å². The molecule has 0 spiro atoms. The van der Waals surface area contributed by atoms with Gasteiger partial charge in [0.2, 0.25) is 19.3 Å². The molecular formula is C24H24N4O5S2. The molecule has 0 saturated carbocycles. The van der Waals surface area contributed by atoms with Gasteiger partial charge in [-0.3, -0.25) is 10.1 Å². The number of nitrogens with zero attached hydrogens (tertiary/aromatic N) is 3. The van der Waals surface area contributed by atoms with Crippen LogP contribution in [-0.4, -0.2) is 44.0 Å². The molecule has 1 N–H and O–H groups in total. The summed E-state index contributed by atoms with van der Waals surface area (Å²) in [5.41, 5.74) is 2.75. The second-order valence-electron chi connectivity index (χ2n) is 7.66. The molecule has 0 aliphatic carbocycles. The van der Waals surface area contributed by atoms with Crippen molar-refractivity contribution >= 4 is 38.3 Å². The van der Waals surface area contributed by atoms with Gasteiger partial charge in [0.05, 0.1) is 13.2 Å². The maximum Gasteiger partial charge on any atom is 0.268 e. The summed E-state index contributed by atoms with van der Waals surface area (Å²) < 4.78 is 34.3. The number of hydrogen-bond donors (Lipinski definition) is 1. The van der Waals surface area contributed by atoms with Gasteiger partial charge in [0.1, 0.15) is 23.1 Å². The standard InChI is InChI=1S/C24H24N4O5S2/c1-16-5-10-21(17(2)13-16)33-12-4-11-32-20-8-6-18(7-9-20)14-19(15-25)22(29)26-23-27-28-24(34-23)35(3,30)31/h5-10,13-14H,4,11-12H2,1-3H3,(H,26,27,29)/b19-14-. The predicted octanol–water partition coefficient (Wildman–Crippen LogP) is 3.95. The molecule has 0 bridgehead atoms. The molecule has 3 aromatic rings. The van der Waals surface area contributed by atoms with E-state index >= 15 is 0 Å². The van der Waals surface area contributed by atoms with Gasteiger partial charge in [-0.2, -0.15) is 5.26 Å². The Morgan fingerprint density at radius 3 is 2.46 bits per heavy atom. The van der Waals surface area contributed by atoms with Gasteiger partial charge in [-0.1, -0.05) is 41.2 Å². The molecule has 11 heteroatoms. The van der Waals surface area contributed by atoms with Crippen LogP contribution in [0.1, 0.15) is 23.1 Å². The Labute approximate surface area is 208 Å². The number of rotatable bonds is 10. The fourth-order valence-corrected chi connectivity index (χ4v) is 4.45. The molecule has 2 aromatic carbocycles. The molecule has 0 unspecified atom stereocenters. The highest BCUT2D eigenvalue weighted by atomic mass is 32.2. The largest absolute Gasteiger partial charge is 0.493 e. The lowest BCUT2D eigenvalue weighted by atomic mass is 10.1. The van der Waals surface area contributed by atoms with Crippen LogP contribution in [0.3, 0.4) is 0 Å². The van der Waals surface area contributed by atoms with Crippen molar-refractivity contribution < 1.29 is 22.7 Å². The maximum atomic E-state index is 12.4. The lowest BCUT2D eigenvalue weighted by molar-refractivity contribution is -0.112. The second kappa shape index (κ2) is 11.6. The van der Waals surface area contributed by atoms with Crippen LogP contribution < -0.4 is 14.8 Å². The van der Waals surface area contributed by atoms with Crippen LogP contribution in [0.15, 0.2) is 52.4 Å². The van der Waals surface area contributed by atoms with Gasteiger partial charge < -0.3 is 9.47 Å². The normalized spacial score (nSPS) is 11.5. The molecule has 0 atom stereocenters. The first-order chi connectivity index (χ1) is 16.7. The van der Waals surface area contributed by atoms with Gasteiger partial charge in [0.15, 0.2) is 0 Å². The zero-order valence-electron chi connectivity index (χ0n) is 19.4. The Kier molecular flexibility index (Phi) is 8.57. The molecule has 0 saturated heterocycles. The van der Waals surface area contributed by atoms with E-state index in [0.717, 1.165) is 17.6 Å². The Morgan fingerprint density at radius 1 is 1.11 bits per heavy atom. The first kappa shape index (κ1) is 25.9. The van der Waals surface area contributed by atoms with Crippen LogP contribution in [0.25, 0.3) is 6.08 Å². The van der Waals surface area contributed by atoms with Crippen LogP contribution in [-0.2, 0) is 14.6 Å². The van der Waals surface area contributed by atoms with Crippen LogP contribution in [0, 0.1) is 25.2 Å². The molecule has 1 aromatic heterocycles. The number of amides is 1. The summed E-state index contributed by atoms with van der Waals surface area (Å²) in [5, 5.41) is 18.9. The van der Waals surface area contributed by atoms with Crippen molar-refractivity contribution in [1.82, 2.24) is 10.2 Å². The predicted molar refractivity (Wildman–Crippen MR) is 133 cm³/mol. The number of carbonyl (C=O) groups excluding carboxylic acids is 1. The number of aromatic nitrogens is 2. The van der Waals surface area contributed by atoms with Gasteiger partial charge in [-0.15, -0.1) is 10.2 Å². The Morgan fingerprint density at radius 2 is 1.83 bits per heavy atom. The summed E-state index contributed by atoms with van der Waals surface area (Å²) in [7, 11) is -3.53. The Hall–Kier alpha value is -3.75. The van der Waals surface area contributed by atoms with Crippen molar-refractivity contribution in [1.29, 1.82) is 5.26 Å². The molecule has 35 heavy (non-hydrogen) atoms. The monoisotopic (exact) mass is 512 g/mol. The summed E-state index contributed by atoms with van der Waals surface area (Å²) in [6.07, 6.45) is 3.11. The smallest absolute Gasteiger partial charge is 0.268 e. The number of anilines is 1. The van der Waals surface area contributed by atoms with Crippen LogP contribution in [0.5, 0.6) is 11.5 Å². The summed E-state index contributed by atoms with van der Waals surface area (Å²) in [4.78, 5) is 12.4. The zero-order valence-corrected chi connectivity index (χ0v) is 21.1. The summed E-state index contributed by atoms with van der Waals surface area (Å²) >= 11 is 0.711. The molecule has 0 aliphatic heterocycles. The van der Waals surface area contributed by atoms with Crippen molar-refractivity contribution in [2.24, 2.45) is 0 Å². The van der Waals surface area contributed by atoms with Crippen LogP contribution in [0.2, 0.25) is 0 Å². The summed E-state index contributed by atoms with van der Waals surface area (Å²) in [5.74, 6) is 0.803. The average Bonchev–Trinajstić information content (AvgIpc) is 3.28. The number of benzene rings is 2. The second-order valence-corrected chi connectivity index (χ2v) is 10.8. The fraction of sp³-hybridized carbons (Fsp3) is 0.250. The average molecular weight is 513 g/mol. The van der Waals surface area contributed by atoms with E-state index in [1.165, 1.54) is 11.6 Å². The van der Waals surface area contributed by atoms with Crippen molar-refractivity contribution in [3.05, 3.63) is 64.7 Å². The minimum atomic E-state index is -3.53. The highest BCUT2D eigenvalue weighted by Crippen LogP contribution is 2.21. The van der Waals surface area contributed by atoms with E-state index in [-0.39, 0.29) is 15.0 Å². The van der Waals surface area contributed by atoms with Crippen molar-refractivity contribution in [3.8, 4) is 17.6 Å². The quantitative estimate of drug-likeness (QED) is 0.187. The SMILES string of the molecule is Cc1ccc(OCCCOc2ccc(/C=C(/C#N)C(=O)Nc3nnc(S(C)(=O)=O)s3)cc2)c(C)c1. The molecule has 182 valence electrons. The van der Waals surface area contributed by atoms with E-state index in [1.54, 1.807) is 24.3 Å².